The second kappa shape index (κ2) is 6.68. The molecule has 1 aromatic heterocycles. The smallest absolute Gasteiger partial charge is 0.229 e. The Morgan fingerprint density at radius 1 is 1.32 bits per heavy atom. The third kappa shape index (κ3) is 4.33. The fourth-order valence-electron chi connectivity index (χ4n) is 1.86. The van der Waals surface area contributed by atoms with E-state index in [1.165, 1.54) is 4.90 Å². The molecule has 1 fully saturated rings. The number of likely N-dealkylation sites (N-methyl/N-ethyl adjacent to an activating group) is 1. The van der Waals surface area contributed by atoms with E-state index in [-0.39, 0.29) is 0 Å². The lowest BCUT2D eigenvalue weighted by atomic mass is 10.4. The second-order valence-corrected chi connectivity index (χ2v) is 5.05. The van der Waals surface area contributed by atoms with Crippen LogP contribution in [0.3, 0.4) is 0 Å². The van der Waals surface area contributed by atoms with E-state index in [0.29, 0.717) is 12.5 Å². The zero-order chi connectivity index (χ0) is 13.7. The van der Waals surface area contributed by atoms with Crippen LogP contribution in [-0.2, 0) is 4.74 Å². The molecule has 0 unspecified atom stereocenters. The van der Waals surface area contributed by atoms with Crippen molar-refractivity contribution in [2.45, 2.75) is 6.92 Å². The van der Waals surface area contributed by atoms with E-state index >= 15 is 0 Å². The molecule has 6 heteroatoms. The monoisotopic (exact) mass is 267 g/mol. The molecule has 0 spiro atoms. The summed E-state index contributed by atoms with van der Waals surface area (Å²) in [7, 11) is 4.21. The molecular weight excluding hydrogens is 244 g/mol. The van der Waals surface area contributed by atoms with Crippen LogP contribution in [0.1, 0.15) is 5.69 Å². The van der Waals surface area contributed by atoms with Gasteiger partial charge < -0.3 is 19.3 Å². The van der Waals surface area contributed by atoms with Gasteiger partial charge in [0.25, 0.3) is 0 Å². The maximum absolute atomic E-state index is 5.70. The van der Waals surface area contributed by atoms with Crippen molar-refractivity contribution >= 4 is 5.95 Å². The Kier molecular flexibility index (Phi) is 4.93. The summed E-state index contributed by atoms with van der Waals surface area (Å²) >= 11 is 0. The van der Waals surface area contributed by atoms with E-state index < -0.39 is 0 Å². The zero-order valence-electron chi connectivity index (χ0n) is 12.0. The zero-order valence-corrected chi connectivity index (χ0v) is 12.0. The van der Waals surface area contributed by atoms with E-state index in [0.717, 1.165) is 44.5 Å². The molecule has 2 rings (SSSR count). The molecule has 0 bridgehead atoms. The molecule has 6 nitrogen and oxygen atoms in total. The van der Waals surface area contributed by atoms with Crippen LogP contribution in [0, 0.1) is 6.92 Å². The SMILES string of the molecule is Cc1cc(OCC[NH+](C)C)nc(N2CCOCC2)n1. The van der Waals surface area contributed by atoms with Gasteiger partial charge in [-0.2, -0.15) is 4.98 Å². The average molecular weight is 267 g/mol. The first-order chi connectivity index (χ1) is 9.15. The summed E-state index contributed by atoms with van der Waals surface area (Å²) in [5.41, 5.74) is 0.934. The third-order valence-electron chi connectivity index (χ3n) is 2.96. The number of anilines is 1. The van der Waals surface area contributed by atoms with Gasteiger partial charge in [0.15, 0.2) is 0 Å². The number of nitrogens with zero attached hydrogens (tertiary/aromatic N) is 3. The maximum Gasteiger partial charge on any atom is 0.229 e. The van der Waals surface area contributed by atoms with Crippen LogP contribution >= 0.6 is 0 Å². The van der Waals surface area contributed by atoms with Crippen molar-refractivity contribution in [1.82, 2.24) is 9.97 Å². The van der Waals surface area contributed by atoms with E-state index in [4.69, 9.17) is 9.47 Å². The summed E-state index contributed by atoms with van der Waals surface area (Å²) in [5, 5.41) is 0. The minimum Gasteiger partial charge on any atom is -0.472 e. The Hall–Kier alpha value is -1.40. The van der Waals surface area contributed by atoms with Gasteiger partial charge in [0.2, 0.25) is 11.8 Å². The predicted octanol–water partition coefficient (Wildman–Crippen LogP) is -0.855. The minimum absolute atomic E-state index is 0.662. The summed E-state index contributed by atoms with van der Waals surface area (Å²) in [4.78, 5) is 12.5. The number of hydrogen-bond acceptors (Lipinski definition) is 5. The van der Waals surface area contributed by atoms with Gasteiger partial charge in [-0.25, -0.2) is 4.98 Å². The Morgan fingerprint density at radius 3 is 2.74 bits per heavy atom. The van der Waals surface area contributed by atoms with Crippen molar-refractivity contribution in [1.29, 1.82) is 0 Å². The highest BCUT2D eigenvalue weighted by Crippen LogP contribution is 2.16. The van der Waals surface area contributed by atoms with Gasteiger partial charge in [0.1, 0.15) is 13.2 Å². The lowest BCUT2D eigenvalue weighted by Gasteiger charge is -2.27. The van der Waals surface area contributed by atoms with Crippen LogP contribution in [0.15, 0.2) is 6.07 Å². The molecule has 106 valence electrons. The second-order valence-electron chi connectivity index (χ2n) is 5.05. The van der Waals surface area contributed by atoms with Crippen molar-refractivity contribution in [3.8, 4) is 5.88 Å². The lowest BCUT2D eigenvalue weighted by molar-refractivity contribution is -0.858. The van der Waals surface area contributed by atoms with Crippen LogP contribution in [0.4, 0.5) is 5.95 Å². The molecule has 1 aromatic rings. The normalized spacial score (nSPS) is 15.9. The number of rotatable bonds is 5. The van der Waals surface area contributed by atoms with Gasteiger partial charge in [0.05, 0.1) is 27.3 Å². The first-order valence-corrected chi connectivity index (χ1v) is 6.75. The molecule has 0 saturated carbocycles. The first-order valence-electron chi connectivity index (χ1n) is 6.75. The number of quaternary nitrogens is 1. The fraction of sp³-hybridized carbons (Fsp3) is 0.692. The number of hydrogen-bond donors (Lipinski definition) is 1. The maximum atomic E-state index is 5.70. The topological polar surface area (TPSA) is 51.9 Å². The van der Waals surface area contributed by atoms with Crippen LogP contribution in [-0.4, -0.2) is 63.5 Å². The summed E-state index contributed by atoms with van der Waals surface area (Å²) < 4.78 is 11.0. The molecule has 19 heavy (non-hydrogen) atoms. The summed E-state index contributed by atoms with van der Waals surface area (Å²) in [6.45, 7) is 6.73. The standard InChI is InChI=1S/C13H22N4O2/c1-11-10-12(19-9-4-16(2)3)15-13(14-11)17-5-7-18-8-6-17/h10H,4-9H2,1-3H3/p+1. The summed E-state index contributed by atoms with van der Waals surface area (Å²) in [5.74, 6) is 1.41. The lowest BCUT2D eigenvalue weighted by Crippen LogP contribution is -3.06. The highest BCUT2D eigenvalue weighted by Gasteiger charge is 2.15. The van der Waals surface area contributed by atoms with Gasteiger partial charge in [-0.1, -0.05) is 0 Å². The van der Waals surface area contributed by atoms with Gasteiger partial charge in [-0.05, 0) is 6.92 Å². The molecule has 0 atom stereocenters. The Bertz CT molecular complexity index is 406. The Balaban J connectivity index is 2.01. The largest absolute Gasteiger partial charge is 0.472 e. The van der Waals surface area contributed by atoms with Crippen LogP contribution in [0.2, 0.25) is 0 Å². The van der Waals surface area contributed by atoms with Gasteiger partial charge in [0, 0.05) is 24.8 Å². The molecule has 1 aliphatic heterocycles. The van der Waals surface area contributed by atoms with Gasteiger partial charge >= 0.3 is 0 Å². The third-order valence-corrected chi connectivity index (χ3v) is 2.96. The summed E-state index contributed by atoms with van der Waals surface area (Å²) in [6, 6.07) is 1.88. The average Bonchev–Trinajstić information content (AvgIpc) is 2.39. The molecule has 0 amide bonds. The van der Waals surface area contributed by atoms with Crippen molar-refractivity contribution in [2.75, 3.05) is 58.5 Å². The van der Waals surface area contributed by atoms with Crippen molar-refractivity contribution in [3.05, 3.63) is 11.8 Å². The highest BCUT2D eigenvalue weighted by atomic mass is 16.5. The van der Waals surface area contributed by atoms with Gasteiger partial charge in [-0.15, -0.1) is 0 Å². The minimum atomic E-state index is 0.662. The van der Waals surface area contributed by atoms with Gasteiger partial charge in [-0.3, -0.25) is 0 Å². The molecule has 2 heterocycles. The number of aryl methyl sites for hydroxylation is 1. The molecular formula is C13H23N4O2+. The molecule has 1 aliphatic rings. The van der Waals surface area contributed by atoms with E-state index in [2.05, 4.69) is 29.0 Å². The van der Waals surface area contributed by atoms with Crippen molar-refractivity contribution < 1.29 is 14.4 Å². The quantitative estimate of drug-likeness (QED) is 0.753. The number of nitrogens with one attached hydrogen (secondary N) is 1. The molecule has 0 aromatic carbocycles. The van der Waals surface area contributed by atoms with Crippen LogP contribution in [0.5, 0.6) is 5.88 Å². The van der Waals surface area contributed by atoms with Crippen molar-refractivity contribution in [3.63, 3.8) is 0 Å². The van der Waals surface area contributed by atoms with E-state index in [1.54, 1.807) is 0 Å². The number of morpholine rings is 1. The molecule has 1 saturated heterocycles. The van der Waals surface area contributed by atoms with Crippen LogP contribution in [0.25, 0.3) is 0 Å². The first kappa shape index (κ1) is 14.0. The Morgan fingerprint density at radius 2 is 2.05 bits per heavy atom. The highest BCUT2D eigenvalue weighted by molar-refractivity contribution is 5.34. The van der Waals surface area contributed by atoms with Crippen molar-refractivity contribution in [2.24, 2.45) is 0 Å². The molecule has 0 radical (unpaired) electrons. The predicted molar refractivity (Wildman–Crippen MR) is 73.0 cm³/mol. The Labute approximate surface area is 114 Å². The molecule has 1 N–H and O–H groups in total. The van der Waals surface area contributed by atoms with Crippen LogP contribution < -0.4 is 14.5 Å². The number of ether oxygens (including phenoxy) is 2. The van der Waals surface area contributed by atoms with E-state index in [1.807, 2.05) is 13.0 Å². The number of aromatic nitrogens is 2. The van der Waals surface area contributed by atoms with E-state index in [9.17, 15) is 0 Å². The molecule has 0 aliphatic carbocycles. The summed E-state index contributed by atoms with van der Waals surface area (Å²) in [6.07, 6.45) is 0. The fourth-order valence-corrected chi connectivity index (χ4v) is 1.86.